The molecular weight excluding hydrogens is 325 g/mol. The standard InChI is InChI=1S/C14H21BrFN3O/c1-10(2)8-19(6-5-14(17)18-20)9-11-7-12(15)3-4-13(11)16/h3-4,7,10,20H,5-6,8-9H2,1-2H3,(H2,17,18). The summed E-state index contributed by atoms with van der Waals surface area (Å²) in [5.41, 5.74) is 6.13. The molecule has 0 aromatic heterocycles. The number of nitrogens with two attached hydrogens (primary N) is 1. The lowest BCUT2D eigenvalue weighted by molar-refractivity contribution is 0.238. The van der Waals surface area contributed by atoms with Crippen molar-refractivity contribution >= 4 is 21.8 Å². The lowest BCUT2D eigenvalue weighted by Crippen LogP contribution is -2.31. The molecule has 1 aromatic rings. The van der Waals surface area contributed by atoms with Crippen LogP contribution in [0, 0.1) is 11.7 Å². The van der Waals surface area contributed by atoms with Gasteiger partial charge in [0.25, 0.3) is 0 Å². The summed E-state index contributed by atoms with van der Waals surface area (Å²) in [6.45, 7) is 6.16. The van der Waals surface area contributed by atoms with Gasteiger partial charge in [0.1, 0.15) is 11.7 Å². The van der Waals surface area contributed by atoms with Crippen LogP contribution in [-0.4, -0.2) is 29.0 Å². The summed E-state index contributed by atoms with van der Waals surface area (Å²) >= 11 is 3.35. The normalized spacial score (nSPS) is 12.4. The second-order valence-electron chi connectivity index (χ2n) is 5.21. The van der Waals surface area contributed by atoms with E-state index in [1.54, 1.807) is 12.1 Å². The van der Waals surface area contributed by atoms with Crippen molar-refractivity contribution in [1.29, 1.82) is 0 Å². The molecule has 1 aromatic carbocycles. The molecule has 4 nitrogen and oxygen atoms in total. The van der Waals surface area contributed by atoms with Crippen molar-refractivity contribution in [3.8, 4) is 0 Å². The van der Waals surface area contributed by atoms with Gasteiger partial charge in [0.15, 0.2) is 0 Å². The van der Waals surface area contributed by atoms with E-state index in [0.717, 1.165) is 11.0 Å². The Bertz CT molecular complexity index is 466. The van der Waals surface area contributed by atoms with Gasteiger partial charge < -0.3 is 10.9 Å². The van der Waals surface area contributed by atoms with Gasteiger partial charge in [0.2, 0.25) is 0 Å². The predicted octanol–water partition coefficient (Wildman–Crippen LogP) is 3.18. The number of hydrogen-bond acceptors (Lipinski definition) is 3. The first-order valence-electron chi connectivity index (χ1n) is 6.55. The second-order valence-corrected chi connectivity index (χ2v) is 6.12. The molecule has 6 heteroatoms. The Labute approximate surface area is 127 Å². The topological polar surface area (TPSA) is 61.8 Å². The fourth-order valence-electron chi connectivity index (χ4n) is 1.98. The van der Waals surface area contributed by atoms with Gasteiger partial charge in [-0.2, -0.15) is 0 Å². The van der Waals surface area contributed by atoms with Crippen LogP contribution in [0.1, 0.15) is 25.8 Å². The molecule has 0 aliphatic carbocycles. The Hall–Kier alpha value is -1.14. The minimum atomic E-state index is -0.217. The lowest BCUT2D eigenvalue weighted by Gasteiger charge is -2.24. The van der Waals surface area contributed by atoms with E-state index in [0.29, 0.717) is 31.0 Å². The maximum Gasteiger partial charge on any atom is 0.140 e. The average Bonchev–Trinajstić information content (AvgIpc) is 2.39. The van der Waals surface area contributed by atoms with Crippen LogP contribution in [0.25, 0.3) is 0 Å². The molecule has 0 aliphatic heterocycles. The Kier molecular flexibility index (Phi) is 6.95. The first-order chi connectivity index (χ1) is 9.42. The summed E-state index contributed by atoms with van der Waals surface area (Å²) in [7, 11) is 0. The smallest absolute Gasteiger partial charge is 0.140 e. The minimum Gasteiger partial charge on any atom is -0.409 e. The van der Waals surface area contributed by atoms with Crippen molar-refractivity contribution in [3.63, 3.8) is 0 Å². The summed E-state index contributed by atoms with van der Waals surface area (Å²) in [6.07, 6.45) is 0.457. The third kappa shape index (κ3) is 5.88. The van der Waals surface area contributed by atoms with E-state index < -0.39 is 0 Å². The Morgan fingerprint density at radius 3 is 2.80 bits per heavy atom. The quantitative estimate of drug-likeness (QED) is 0.345. The number of nitrogens with zero attached hydrogens (tertiary/aromatic N) is 2. The van der Waals surface area contributed by atoms with Crippen LogP contribution >= 0.6 is 15.9 Å². The number of amidine groups is 1. The van der Waals surface area contributed by atoms with Gasteiger partial charge in [0, 0.05) is 36.1 Å². The molecule has 0 atom stereocenters. The fourth-order valence-corrected chi connectivity index (χ4v) is 2.39. The fraction of sp³-hybridized carbons (Fsp3) is 0.500. The van der Waals surface area contributed by atoms with E-state index in [1.807, 2.05) is 0 Å². The molecule has 0 bridgehead atoms. The van der Waals surface area contributed by atoms with Crippen molar-refractivity contribution in [3.05, 3.63) is 34.1 Å². The molecule has 0 amide bonds. The van der Waals surface area contributed by atoms with Crippen LogP contribution in [0.15, 0.2) is 27.8 Å². The number of oxime groups is 1. The number of hydrogen-bond donors (Lipinski definition) is 2. The number of benzene rings is 1. The summed E-state index contributed by atoms with van der Waals surface area (Å²) in [5, 5.41) is 11.5. The van der Waals surface area contributed by atoms with Crippen LogP contribution in [-0.2, 0) is 6.54 Å². The van der Waals surface area contributed by atoms with Crippen LogP contribution < -0.4 is 5.73 Å². The molecular formula is C14H21BrFN3O. The molecule has 0 heterocycles. The first kappa shape index (κ1) is 16.9. The van der Waals surface area contributed by atoms with Crippen LogP contribution in [0.5, 0.6) is 0 Å². The Balaban J connectivity index is 2.75. The number of rotatable bonds is 7. The van der Waals surface area contributed by atoms with E-state index in [9.17, 15) is 4.39 Å². The summed E-state index contributed by atoms with van der Waals surface area (Å²) in [4.78, 5) is 2.10. The largest absolute Gasteiger partial charge is 0.409 e. The zero-order valence-electron chi connectivity index (χ0n) is 11.8. The third-order valence-corrected chi connectivity index (χ3v) is 3.33. The van der Waals surface area contributed by atoms with E-state index >= 15 is 0 Å². The van der Waals surface area contributed by atoms with Gasteiger partial charge in [-0.15, -0.1) is 0 Å². The summed E-state index contributed by atoms with van der Waals surface area (Å²) in [5.74, 6) is 0.428. The van der Waals surface area contributed by atoms with Gasteiger partial charge in [0.05, 0.1) is 0 Å². The molecule has 0 radical (unpaired) electrons. The van der Waals surface area contributed by atoms with Crippen LogP contribution in [0.3, 0.4) is 0 Å². The van der Waals surface area contributed by atoms with E-state index in [-0.39, 0.29) is 11.7 Å². The zero-order valence-corrected chi connectivity index (χ0v) is 13.4. The van der Waals surface area contributed by atoms with Crippen molar-refractivity contribution in [1.82, 2.24) is 4.90 Å². The Morgan fingerprint density at radius 1 is 1.50 bits per heavy atom. The Morgan fingerprint density at radius 2 is 2.20 bits per heavy atom. The van der Waals surface area contributed by atoms with E-state index in [2.05, 4.69) is 39.8 Å². The second kappa shape index (κ2) is 8.21. The monoisotopic (exact) mass is 345 g/mol. The highest BCUT2D eigenvalue weighted by Crippen LogP contribution is 2.18. The van der Waals surface area contributed by atoms with Gasteiger partial charge >= 0.3 is 0 Å². The molecule has 0 saturated carbocycles. The third-order valence-electron chi connectivity index (χ3n) is 2.84. The molecule has 20 heavy (non-hydrogen) atoms. The van der Waals surface area contributed by atoms with Crippen LogP contribution in [0.2, 0.25) is 0 Å². The summed E-state index contributed by atoms with van der Waals surface area (Å²) < 4.78 is 14.7. The maximum absolute atomic E-state index is 13.8. The van der Waals surface area contributed by atoms with Crippen molar-refractivity contribution in [2.45, 2.75) is 26.8 Å². The van der Waals surface area contributed by atoms with E-state index in [1.165, 1.54) is 6.07 Å². The van der Waals surface area contributed by atoms with Gasteiger partial charge in [-0.1, -0.05) is 34.9 Å². The SMILES string of the molecule is CC(C)CN(CCC(N)=NO)Cc1cc(Br)ccc1F. The molecule has 0 aliphatic rings. The van der Waals surface area contributed by atoms with Gasteiger partial charge in [-0.3, -0.25) is 4.90 Å². The highest BCUT2D eigenvalue weighted by molar-refractivity contribution is 9.10. The van der Waals surface area contributed by atoms with E-state index in [4.69, 9.17) is 10.9 Å². The van der Waals surface area contributed by atoms with Crippen molar-refractivity contribution in [2.24, 2.45) is 16.8 Å². The van der Waals surface area contributed by atoms with Gasteiger partial charge in [-0.25, -0.2) is 4.39 Å². The van der Waals surface area contributed by atoms with Gasteiger partial charge in [-0.05, 0) is 24.1 Å². The number of halogens is 2. The zero-order chi connectivity index (χ0) is 15.1. The lowest BCUT2D eigenvalue weighted by atomic mass is 10.1. The maximum atomic E-state index is 13.8. The highest BCUT2D eigenvalue weighted by Gasteiger charge is 2.12. The first-order valence-corrected chi connectivity index (χ1v) is 7.34. The molecule has 0 unspecified atom stereocenters. The molecule has 112 valence electrons. The summed E-state index contributed by atoms with van der Waals surface area (Å²) in [6, 6.07) is 4.92. The van der Waals surface area contributed by atoms with Crippen LogP contribution in [0.4, 0.5) is 4.39 Å². The molecule has 1 rings (SSSR count). The molecule has 0 spiro atoms. The molecule has 0 fully saturated rings. The van der Waals surface area contributed by atoms with Crippen molar-refractivity contribution in [2.75, 3.05) is 13.1 Å². The average molecular weight is 346 g/mol. The molecule has 3 N–H and O–H groups in total. The van der Waals surface area contributed by atoms with Crippen molar-refractivity contribution < 1.29 is 9.60 Å². The highest BCUT2D eigenvalue weighted by atomic mass is 79.9. The predicted molar refractivity (Wildman–Crippen MR) is 82.2 cm³/mol. The minimum absolute atomic E-state index is 0.188. The molecule has 0 saturated heterocycles.